The number of aromatic nitrogens is 2. The van der Waals surface area contributed by atoms with Crippen LogP contribution < -0.4 is 10.2 Å². The van der Waals surface area contributed by atoms with Gasteiger partial charge in [-0.2, -0.15) is 0 Å². The van der Waals surface area contributed by atoms with Gasteiger partial charge in [0, 0.05) is 44.0 Å². The third-order valence-electron chi connectivity index (χ3n) is 4.33. The molecule has 0 unspecified atom stereocenters. The molecule has 3 rings (SSSR count). The van der Waals surface area contributed by atoms with Crippen molar-refractivity contribution in [2.75, 3.05) is 18.0 Å². The van der Waals surface area contributed by atoms with Gasteiger partial charge in [0.05, 0.1) is 17.8 Å². The molecule has 0 saturated carbocycles. The summed E-state index contributed by atoms with van der Waals surface area (Å²) in [7, 11) is 0. The number of hydrogen-bond donors (Lipinski definition) is 1. The van der Waals surface area contributed by atoms with Crippen molar-refractivity contribution in [1.29, 1.82) is 0 Å². The van der Waals surface area contributed by atoms with Gasteiger partial charge in [-0.1, -0.05) is 12.1 Å². The molecule has 1 aliphatic heterocycles. The molecule has 0 aliphatic carbocycles. The van der Waals surface area contributed by atoms with Crippen molar-refractivity contribution in [2.45, 2.75) is 32.6 Å². The maximum absolute atomic E-state index is 12.2. The number of nitrogens with zero attached hydrogens (tertiary/aromatic N) is 3. The molecule has 1 saturated heterocycles. The quantitative estimate of drug-likeness (QED) is 0.872. The topological polar surface area (TPSA) is 75.2 Å². The van der Waals surface area contributed by atoms with Crippen LogP contribution in [0.15, 0.2) is 36.7 Å². The number of anilines is 1. The second-order valence-electron chi connectivity index (χ2n) is 6.18. The molecule has 25 heavy (non-hydrogen) atoms. The highest BCUT2D eigenvalue weighted by Crippen LogP contribution is 2.22. The van der Waals surface area contributed by atoms with Gasteiger partial charge in [-0.05, 0) is 31.0 Å². The van der Waals surface area contributed by atoms with E-state index in [4.69, 9.17) is 0 Å². The Hall–Kier alpha value is -2.76. The Morgan fingerprint density at radius 1 is 1.28 bits per heavy atom. The van der Waals surface area contributed by atoms with E-state index in [9.17, 15) is 9.59 Å². The first-order valence-corrected chi connectivity index (χ1v) is 8.56. The van der Waals surface area contributed by atoms with Crippen molar-refractivity contribution in [3.8, 4) is 0 Å². The second-order valence-corrected chi connectivity index (χ2v) is 6.18. The summed E-state index contributed by atoms with van der Waals surface area (Å²) in [6.07, 6.45) is 5.78. The van der Waals surface area contributed by atoms with Crippen LogP contribution in [0.4, 0.5) is 5.69 Å². The normalized spacial score (nSPS) is 14.0. The van der Waals surface area contributed by atoms with Crippen LogP contribution in [-0.4, -0.2) is 34.9 Å². The van der Waals surface area contributed by atoms with Crippen LogP contribution in [0.3, 0.4) is 0 Å². The zero-order valence-electron chi connectivity index (χ0n) is 14.4. The molecule has 0 bridgehead atoms. The Balaban J connectivity index is 1.53. The molecule has 1 fully saturated rings. The maximum atomic E-state index is 12.2. The van der Waals surface area contributed by atoms with Gasteiger partial charge in [0.25, 0.3) is 0 Å². The van der Waals surface area contributed by atoms with Crippen LogP contribution in [0.5, 0.6) is 0 Å². The monoisotopic (exact) mass is 338 g/mol. The Kier molecular flexibility index (Phi) is 5.38. The predicted octanol–water partition coefficient (Wildman–Crippen LogP) is 1.81. The van der Waals surface area contributed by atoms with Crippen molar-refractivity contribution >= 4 is 17.5 Å². The molecule has 0 spiro atoms. The van der Waals surface area contributed by atoms with Gasteiger partial charge in [0.2, 0.25) is 11.8 Å². The summed E-state index contributed by atoms with van der Waals surface area (Å²) in [5.74, 6) is 0.118. The van der Waals surface area contributed by atoms with Crippen LogP contribution in [0, 0.1) is 6.92 Å². The van der Waals surface area contributed by atoms with Crippen LogP contribution in [0.1, 0.15) is 29.8 Å². The largest absolute Gasteiger partial charge is 0.355 e. The first kappa shape index (κ1) is 17.1. The number of carbonyl (C=O) groups is 2. The lowest BCUT2D eigenvalue weighted by Gasteiger charge is -2.16. The third-order valence-corrected chi connectivity index (χ3v) is 4.33. The number of hydrogen-bond acceptors (Lipinski definition) is 4. The molecular weight excluding hydrogens is 316 g/mol. The fraction of sp³-hybridized carbons (Fsp3) is 0.368. The summed E-state index contributed by atoms with van der Waals surface area (Å²) < 4.78 is 0. The van der Waals surface area contributed by atoms with Crippen molar-refractivity contribution in [1.82, 2.24) is 15.3 Å². The molecule has 0 atom stereocenters. The van der Waals surface area contributed by atoms with E-state index in [1.165, 1.54) is 0 Å². The van der Waals surface area contributed by atoms with E-state index in [0.717, 1.165) is 35.6 Å². The SMILES string of the molecule is Cc1nccnc1CCNC(=O)Cc1cccc(N2CCCC2=O)c1. The molecule has 1 aliphatic rings. The van der Waals surface area contributed by atoms with E-state index >= 15 is 0 Å². The van der Waals surface area contributed by atoms with Gasteiger partial charge in [0.15, 0.2) is 0 Å². The van der Waals surface area contributed by atoms with Gasteiger partial charge in [0.1, 0.15) is 0 Å². The van der Waals surface area contributed by atoms with Crippen LogP contribution >= 0.6 is 0 Å². The summed E-state index contributed by atoms with van der Waals surface area (Å²) in [5.41, 5.74) is 3.57. The average molecular weight is 338 g/mol. The van der Waals surface area contributed by atoms with E-state index < -0.39 is 0 Å². The maximum Gasteiger partial charge on any atom is 0.227 e. The van der Waals surface area contributed by atoms with E-state index in [2.05, 4.69) is 15.3 Å². The highest BCUT2D eigenvalue weighted by molar-refractivity contribution is 5.95. The lowest BCUT2D eigenvalue weighted by Crippen LogP contribution is -2.28. The molecule has 1 aromatic heterocycles. The Morgan fingerprint density at radius 2 is 2.12 bits per heavy atom. The lowest BCUT2D eigenvalue weighted by molar-refractivity contribution is -0.120. The first-order chi connectivity index (χ1) is 12.1. The first-order valence-electron chi connectivity index (χ1n) is 8.56. The number of benzene rings is 1. The van der Waals surface area contributed by atoms with E-state index in [0.29, 0.717) is 25.8 Å². The minimum Gasteiger partial charge on any atom is -0.355 e. The van der Waals surface area contributed by atoms with Gasteiger partial charge in [-0.25, -0.2) is 0 Å². The Labute approximate surface area is 147 Å². The predicted molar refractivity (Wildman–Crippen MR) is 95.2 cm³/mol. The minimum absolute atomic E-state index is 0.0357. The van der Waals surface area contributed by atoms with Crippen molar-refractivity contribution in [2.24, 2.45) is 0 Å². The van der Waals surface area contributed by atoms with Gasteiger partial charge < -0.3 is 10.2 Å². The number of aryl methyl sites for hydroxylation is 1. The second kappa shape index (κ2) is 7.88. The summed E-state index contributed by atoms with van der Waals surface area (Å²) in [6, 6.07) is 7.65. The molecule has 2 aromatic rings. The lowest BCUT2D eigenvalue weighted by atomic mass is 10.1. The summed E-state index contributed by atoms with van der Waals surface area (Å²) in [4.78, 5) is 34.3. The average Bonchev–Trinajstić information content (AvgIpc) is 3.03. The van der Waals surface area contributed by atoms with Crippen molar-refractivity contribution in [3.63, 3.8) is 0 Å². The number of carbonyl (C=O) groups excluding carboxylic acids is 2. The van der Waals surface area contributed by atoms with Crippen LogP contribution in [0.2, 0.25) is 0 Å². The molecule has 2 amide bonds. The van der Waals surface area contributed by atoms with E-state index in [1.807, 2.05) is 31.2 Å². The molecule has 2 heterocycles. The van der Waals surface area contributed by atoms with Crippen LogP contribution in [0.25, 0.3) is 0 Å². The molecule has 0 radical (unpaired) electrons. The van der Waals surface area contributed by atoms with E-state index in [-0.39, 0.29) is 11.8 Å². The molecule has 1 aromatic carbocycles. The standard InChI is InChI=1S/C19H22N4O2/c1-14-17(21-10-9-20-14)7-8-22-18(24)13-15-4-2-5-16(12-15)23-11-3-6-19(23)25/h2,4-5,9-10,12H,3,6-8,11,13H2,1H3,(H,22,24). The van der Waals surface area contributed by atoms with Gasteiger partial charge in [-0.15, -0.1) is 0 Å². The van der Waals surface area contributed by atoms with Crippen molar-refractivity contribution in [3.05, 3.63) is 53.6 Å². The summed E-state index contributed by atoms with van der Waals surface area (Å²) >= 11 is 0. The van der Waals surface area contributed by atoms with Crippen LogP contribution in [-0.2, 0) is 22.4 Å². The summed E-state index contributed by atoms with van der Waals surface area (Å²) in [6.45, 7) is 3.20. The zero-order valence-corrected chi connectivity index (χ0v) is 14.4. The zero-order chi connectivity index (χ0) is 17.6. The fourth-order valence-electron chi connectivity index (χ4n) is 3.01. The Bertz CT molecular complexity index is 776. The molecule has 1 N–H and O–H groups in total. The van der Waals surface area contributed by atoms with Gasteiger partial charge >= 0.3 is 0 Å². The smallest absolute Gasteiger partial charge is 0.227 e. The third kappa shape index (κ3) is 4.41. The molecule has 6 nitrogen and oxygen atoms in total. The van der Waals surface area contributed by atoms with Gasteiger partial charge in [-0.3, -0.25) is 19.6 Å². The highest BCUT2D eigenvalue weighted by atomic mass is 16.2. The summed E-state index contributed by atoms with van der Waals surface area (Å²) in [5, 5.41) is 2.92. The fourth-order valence-corrected chi connectivity index (χ4v) is 3.01. The molecule has 130 valence electrons. The molecule has 6 heteroatoms. The van der Waals surface area contributed by atoms with E-state index in [1.54, 1.807) is 17.3 Å². The number of rotatable bonds is 6. The molecular formula is C19H22N4O2. The number of amides is 2. The Morgan fingerprint density at radius 3 is 2.88 bits per heavy atom. The minimum atomic E-state index is -0.0357. The number of nitrogens with one attached hydrogen (secondary N) is 1. The van der Waals surface area contributed by atoms with Crippen molar-refractivity contribution < 1.29 is 9.59 Å². The highest BCUT2D eigenvalue weighted by Gasteiger charge is 2.21.